The lowest BCUT2D eigenvalue weighted by molar-refractivity contribution is 0.129. The quantitative estimate of drug-likeness (QED) is 0.601. The Labute approximate surface area is 161 Å². The van der Waals surface area contributed by atoms with Crippen molar-refractivity contribution in [3.05, 3.63) is 56.7 Å². The number of thiophene rings is 1. The van der Waals surface area contributed by atoms with Gasteiger partial charge in [0.05, 0.1) is 12.2 Å². The number of rotatable bonds is 4. The van der Waals surface area contributed by atoms with Crippen molar-refractivity contribution in [1.29, 1.82) is 0 Å². The molecule has 0 spiro atoms. The fraction of sp³-hybridized carbons (Fsp3) is 0.368. The molecule has 1 aliphatic heterocycles. The third-order valence-corrected chi connectivity index (χ3v) is 6.54. The molecule has 136 valence electrons. The van der Waals surface area contributed by atoms with E-state index < -0.39 is 0 Å². The number of aromatic nitrogens is 3. The molecule has 0 saturated carbocycles. The second-order valence-corrected chi connectivity index (χ2v) is 7.94. The van der Waals surface area contributed by atoms with Crippen molar-refractivity contribution in [3.63, 3.8) is 0 Å². The van der Waals surface area contributed by atoms with Crippen LogP contribution in [0.1, 0.15) is 29.8 Å². The molecule has 1 unspecified atom stereocenters. The van der Waals surface area contributed by atoms with Gasteiger partial charge in [-0.2, -0.15) is 5.10 Å². The lowest BCUT2D eigenvalue weighted by Crippen LogP contribution is -2.36. The van der Waals surface area contributed by atoms with Gasteiger partial charge in [-0.1, -0.05) is 19.1 Å². The molecule has 1 atom stereocenters. The summed E-state index contributed by atoms with van der Waals surface area (Å²) in [5.41, 5.74) is 1.91. The van der Waals surface area contributed by atoms with Gasteiger partial charge >= 0.3 is 0 Å². The van der Waals surface area contributed by atoms with Crippen LogP contribution in [-0.4, -0.2) is 25.8 Å². The average molecular weight is 389 g/mol. The van der Waals surface area contributed by atoms with Crippen LogP contribution < -0.4 is 0 Å². The second kappa shape index (κ2) is 7.06. The van der Waals surface area contributed by atoms with Gasteiger partial charge in [0.25, 0.3) is 0 Å². The fourth-order valence-electron chi connectivity index (χ4n) is 3.72. The van der Waals surface area contributed by atoms with Gasteiger partial charge in [-0.05, 0) is 54.2 Å². The van der Waals surface area contributed by atoms with E-state index in [9.17, 15) is 4.39 Å². The summed E-state index contributed by atoms with van der Waals surface area (Å²) in [6.07, 6.45) is 2.11. The first-order chi connectivity index (χ1) is 12.6. The third-order valence-electron chi connectivity index (χ3n) is 5.06. The Bertz CT molecular complexity index is 988. The number of hydrogen-bond acceptors (Lipinski definition) is 4. The maximum Gasteiger partial charge on any atom is 0.199 e. The molecule has 26 heavy (non-hydrogen) atoms. The van der Waals surface area contributed by atoms with E-state index in [0.717, 1.165) is 19.4 Å². The van der Waals surface area contributed by atoms with Gasteiger partial charge in [0.2, 0.25) is 0 Å². The first kappa shape index (κ1) is 17.6. The molecular formula is C19H21FN4S2. The monoisotopic (exact) mass is 388 g/mol. The molecule has 0 aliphatic carbocycles. The van der Waals surface area contributed by atoms with Gasteiger partial charge < -0.3 is 4.57 Å². The van der Waals surface area contributed by atoms with E-state index in [4.69, 9.17) is 12.2 Å². The van der Waals surface area contributed by atoms with E-state index in [1.807, 2.05) is 29.1 Å². The highest BCUT2D eigenvalue weighted by Gasteiger charge is 2.27. The Hall–Kier alpha value is -1.83. The third kappa shape index (κ3) is 2.94. The highest BCUT2D eigenvalue weighted by molar-refractivity contribution is 7.71. The van der Waals surface area contributed by atoms with Crippen LogP contribution in [0.15, 0.2) is 35.7 Å². The Balaban J connectivity index is 1.67. The predicted octanol–water partition coefficient (Wildman–Crippen LogP) is 4.79. The summed E-state index contributed by atoms with van der Waals surface area (Å²) >= 11 is 7.42. The van der Waals surface area contributed by atoms with Crippen molar-refractivity contribution in [1.82, 2.24) is 19.2 Å². The molecule has 0 radical (unpaired) electrons. The predicted molar refractivity (Wildman–Crippen MR) is 105 cm³/mol. The van der Waals surface area contributed by atoms with Gasteiger partial charge in [0, 0.05) is 24.5 Å². The Morgan fingerprint density at radius 2 is 2.12 bits per heavy atom. The summed E-state index contributed by atoms with van der Waals surface area (Å²) in [4.78, 5) is 3.91. The number of benzene rings is 1. The number of nitrogens with zero attached hydrogens (tertiary/aromatic N) is 4. The summed E-state index contributed by atoms with van der Waals surface area (Å²) < 4.78 is 18.4. The van der Waals surface area contributed by atoms with Crippen molar-refractivity contribution < 1.29 is 4.39 Å². The zero-order valence-corrected chi connectivity index (χ0v) is 16.5. The lowest BCUT2D eigenvalue weighted by Gasteiger charge is -2.35. The Morgan fingerprint density at radius 1 is 1.31 bits per heavy atom. The van der Waals surface area contributed by atoms with Crippen LogP contribution in [0.4, 0.5) is 4.39 Å². The van der Waals surface area contributed by atoms with Crippen molar-refractivity contribution in [2.24, 2.45) is 7.05 Å². The van der Waals surface area contributed by atoms with E-state index in [2.05, 4.69) is 28.4 Å². The molecule has 0 amide bonds. The fourth-order valence-corrected chi connectivity index (χ4v) is 4.84. The van der Waals surface area contributed by atoms with Crippen LogP contribution in [0.3, 0.4) is 0 Å². The van der Waals surface area contributed by atoms with E-state index in [1.54, 1.807) is 16.7 Å². The van der Waals surface area contributed by atoms with Crippen LogP contribution in [0, 0.1) is 10.6 Å². The minimum Gasteiger partial charge on any atom is -0.303 e. The Morgan fingerprint density at radius 3 is 2.88 bits per heavy atom. The molecule has 4 nitrogen and oxygen atoms in total. The molecule has 2 aromatic heterocycles. The SMILES string of the molecule is CCC1c2ccsc2CCN1Cn1nc(-c2ccccc2F)n(C)c1=S. The first-order valence-electron chi connectivity index (χ1n) is 8.79. The van der Waals surface area contributed by atoms with E-state index in [1.165, 1.54) is 16.5 Å². The van der Waals surface area contributed by atoms with Crippen LogP contribution in [-0.2, 0) is 20.1 Å². The smallest absolute Gasteiger partial charge is 0.199 e. The molecular weight excluding hydrogens is 367 g/mol. The van der Waals surface area contributed by atoms with E-state index in [0.29, 0.717) is 28.9 Å². The number of halogens is 1. The Kier molecular flexibility index (Phi) is 4.77. The van der Waals surface area contributed by atoms with E-state index in [-0.39, 0.29) is 5.82 Å². The zero-order chi connectivity index (χ0) is 18.3. The highest BCUT2D eigenvalue weighted by Crippen LogP contribution is 2.35. The van der Waals surface area contributed by atoms with Gasteiger partial charge in [-0.25, -0.2) is 9.07 Å². The van der Waals surface area contributed by atoms with Crippen LogP contribution in [0.5, 0.6) is 0 Å². The molecule has 3 heterocycles. The normalized spacial score (nSPS) is 17.4. The first-order valence-corrected chi connectivity index (χ1v) is 10.1. The van der Waals surface area contributed by atoms with Crippen LogP contribution in [0.25, 0.3) is 11.4 Å². The minimum absolute atomic E-state index is 0.282. The second-order valence-electron chi connectivity index (χ2n) is 6.57. The molecule has 4 rings (SSSR count). The average Bonchev–Trinajstić information content (AvgIpc) is 3.22. The molecule has 0 N–H and O–H groups in total. The van der Waals surface area contributed by atoms with Crippen molar-refractivity contribution in [2.45, 2.75) is 32.5 Å². The standard InChI is InChI=1S/C19H21FN4S2/c1-3-16-14-9-11-26-17(14)8-10-23(16)12-24-19(25)22(2)18(21-24)13-6-4-5-7-15(13)20/h4-7,9,11,16H,3,8,10,12H2,1-2H3. The largest absolute Gasteiger partial charge is 0.303 e. The maximum atomic E-state index is 14.2. The van der Waals surface area contributed by atoms with Crippen molar-refractivity contribution in [3.8, 4) is 11.4 Å². The molecule has 1 aromatic carbocycles. The van der Waals surface area contributed by atoms with Crippen LogP contribution >= 0.6 is 23.6 Å². The molecule has 0 fully saturated rings. The summed E-state index contributed by atoms with van der Waals surface area (Å²) in [6, 6.07) is 9.31. The molecule has 0 bridgehead atoms. The summed E-state index contributed by atoms with van der Waals surface area (Å²) in [5.74, 6) is 0.282. The minimum atomic E-state index is -0.282. The summed E-state index contributed by atoms with van der Waals surface area (Å²) in [6.45, 7) is 3.82. The van der Waals surface area contributed by atoms with Gasteiger partial charge in [0.1, 0.15) is 5.82 Å². The van der Waals surface area contributed by atoms with E-state index >= 15 is 0 Å². The topological polar surface area (TPSA) is 26.0 Å². The number of fused-ring (bicyclic) bond motifs is 1. The lowest BCUT2D eigenvalue weighted by atomic mass is 9.98. The van der Waals surface area contributed by atoms with Gasteiger partial charge in [-0.3, -0.25) is 4.90 Å². The highest BCUT2D eigenvalue weighted by atomic mass is 32.1. The van der Waals surface area contributed by atoms with Crippen molar-refractivity contribution in [2.75, 3.05) is 6.54 Å². The van der Waals surface area contributed by atoms with Crippen LogP contribution in [0.2, 0.25) is 0 Å². The summed E-state index contributed by atoms with van der Waals surface area (Å²) in [7, 11) is 1.85. The summed E-state index contributed by atoms with van der Waals surface area (Å²) in [5, 5.41) is 6.82. The number of hydrogen-bond donors (Lipinski definition) is 0. The zero-order valence-electron chi connectivity index (χ0n) is 14.9. The molecule has 1 aliphatic rings. The maximum absolute atomic E-state index is 14.2. The molecule has 7 heteroatoms. The molecule has 0 saturated heterocycles. The van der Waals surface area contributed by atoms with Gasteiger partial charge in [-0.15, -0.1) is 11.3 Å². The van der Waals surface area contributed by atoms with Crippen molar-refractivity contribution >= 4 is 23.6 Å². The molecule has 3 aromatic rings. The van der Waals surface area contributed by atoms with Gasteiger partial charge in [0.15, 0.2) is 10.6 Å².